The maximum Gasteiger partial charge on any atom is 0.172 e. The summed E-state index contributed by atoms with van der Waals surface area (Å²) in [5, 5.41) is 0.445. The molecule has 1 aliphatic rings. The Morgan fingerprint density at radius 1 is 1.43 bits per heavy atom. The van der Waals surface area contributed by atoms with Gasteiger partial charge in [-0.2, -0.15) is 0 Å². The summed E-state index contributed by atoms with van der Waals surface area (Å²) in [7, 11) is 1.63. The molecule has 0 saturated heterocycles. The first-order chi connectivity index (χ1) is 10.2. The molecule has 2 heterocycles. The average molecular weight is 435 g/mol. The lowest BCUT2D eigenvalue weighted by Crippen LogP contribution is -2.19. The van der Waals surface area contributed by atoms with Crippen LogP contribution in [0.1, 0.15) is 17.6 Å². The first-order valence-corrected chi connectivity index (χ1v) is 8.72. The van der Waals surface area contributed by atoms with E-state index in [1.165, 1.54) is 0 Å². The number of nitrogens with zero attached hydrogens (tertiary/aromatic N) is 2. The van der Waals surface area contributed by atoms with Crippen molar-refractivity contribution < 1.29 is 9.47 Å². The number of para-hydroxylation sites is 1. The first-order valence-electron chi connectivity index (χ1n) is 6.28. The molecule has 1 aromatic carbocycles. The van der Waals surface area contributed by atoms with Gasteiger partial charge in [-0.3, -0.25) is 0 Å². The molecular formula is C14H12ClIN2O2S. The summed E-state index contributed by atoms with van der Waals surface area (Å²) in [6.07, 6.45) is -0.199. The van der Waals surface area contributed by atoms with Gasteiger partial charge >= 0.3 is 0 Å². The van der Waals surface area contributed by atoms with E-state index in [1.807, 2.05) is 24.3 Å². The zero-order chi connectivity index (χ0) is 14.8. The van der Waals surface area contributed by atoms with E-state index in [0.29, 0.717) is 17.6 Å². The van der Waals surface area contributed by atoms with Gasteiger partial charge in [0.2, 0.25) is 0 Å². The number of aromatic nitrogens is 2. The Morgan fingerprint density at radius 3 is 3.05 bits per heavy atom. The van der Waals surface area contributed by atoms with Crippen molar-refractivity contribution in [1.82, 2.24) is 9.97 Å². The molecule has 1 unspecified atom stereocenters. The number of rotatable bonds is 3. The molecule has 1 aromatic heterocycles. The third-order valence-corrected chi connectivity index (χ3v) is 5.82. The molecular weight excluding hydrogens is 423 g/mol. The second kappa shape index (κ2) is 6.68. The Labute approximate surface area is 145 Å². The number of methoxy groups -OCH3 is 1. The van der Waals surface area contributed by atoms with E-state index in [9.17, 15) is 0 Å². The van der Waals surface area contributed by atoms with Gasteiger partial charge < -0.3 is 9.47 Å². The van der Waals surface area contributed by atoms with Crippen molar-refractivity contribution >= 4 is 46.0 Å². The molecule has 0 saturated carbocycles. The third-order valence-electron chi connectivity index (χ3n) is 2.97. The third kappa shape index (κ3) is 3.28. The lowest BCUT2D eigenvalue weighted by Gasteiger charge is -2.24. The number of hydrogen-bond acceptors (Lipinski definition) is 5. The molecule has 0 bridgehead atoms. The second-order valence-corrected chi connectivity index (χ2v) is 6.93. The number of benzene rings is 1. The van der Waals surface area contributed by atoms with Crippen LogP contribution in [0.2, 0.25) is 5.15 Å². The SMILES string of the molecule is COCc1nc(C2CSc3ccccc3O2)nc(Cl)c1I. The fraction of sp³-hybridized carbons (Fsp3) is 0.286. The Bertz CT molecular complexity index is 671. The molecule has 0 amide bonds. The van der Waals surface area contributed by atoms with Crippen molar-refractivity contribution in [1.29, 1.82) is 0 Å². The number of hydrogen-bond donors (Lipinski definition) is 0. The normalized spacial score (nSPS) is 17.2. The fourth-order valence-corrected chi connectivity index (χ4v) is 3.58. The summed E-state index contributed by atoms with van der Waals surface area (Å²) in [5.74, 6) is 2.24. The van der Waals surface area contributed by atoms with Crippen LogP contribution in [0.15, 0.2) is 29.2 Å². The highest BCUT2D eigenvalue weighted by molar-refractivity contribution is 14.1. The first kappa shape index (κ1) is 15.3. The summed E-state index contributed by atoms with van der Waals surface area (Å²) >= 11 is 10.1. The summed E-state index contributed by atoms with van der Waals surface area (Å²) in [4.78, 5) is 10.1. The lowest BCUT2D eigenvalue weighted by molar-refractivity contribution is 0.177. The quantitative estimate of drug-likeness (QED) is 0.537. The molecule has 0 radical (unpaired) electrons. The van der Waals surface area contributed by atoms with E-state index in [4.69, 9.17) is 21.1 Å². The van der Waals surface area contributed by atoms with E-state index in [1.54, 1.807) is 18.9 Å². The van der Waals surface area contributed by atoms with Gasteiger partial charge in [0.05, 0.1) is 15.9 Å². The zero-order valence-electron chi connectivity index (χ0n) is 11.2. The minimum absolute atomic E-state index is 0.199. The van der Waals surface area contributed by atoms with Crippen molar-refractivity contribution in [3.8, 4) is 5.75 Å². The summed E-state index contributed by atoms with van der Waals surface area (Å²) in [6, 6.07) is 7.97. The molecule has 1 atom stereocenters. The van der Waals surface area contributed by atoms with Crippen LogP contribution in [0.3, 0.4) is 0 Å². The number of ether oxygens (including phenoxy) is 2. The number of halogens is 2. The van der Waals surface area contributed by atoms with Gasteiger partial charge in [-0.15, -0.1) is 11.8 Å². The Morgan fingerprint density at radius 2 is 2.24 bits per heavy atom. The molecule has 3 rings (SSSR count). The highest BCUT2D eigenvalue weighted by Crippen LogP contribution is 2.39. The monoisotopic (exact) mass is 434 g/mol. The molecule has 4 nitrogen and oxygen atoms in total. The van der Waals surface area contributed by atoms with Gasteiger partial charge in [-0.1, -0.05) is 23.7 Å². The Balaban J connectivity index is 1.91. The smallest absolute Gasteiger partial charge is 0.172 e. The molecule has 0 spiro atoms. The van der Waals surface area contributed by atoms with Crippen LogP contribution < -0.4 is 4.74 Å². The maximum absolute atomic E-state index is 6.20. The van der Waals surface area contributed by atoms with Crippen molar-refractivity contribution in [3.05, 3.63) is 44.5 Å². The van der Waals surface area contributed by atoms with Gasteiger partial charge in [0, 0.05) is 17.8 Å². The van der Waals surface area contributed by atoms with Crippen LogP contribution in [-0.4, -0.2) is 22.8 Å². The molecule has 21 heavy (non-hydrogen) atoms. The predicted molar refractivity (Wildman–Crippen MR) is 91.0 cm³/mol. The van der Waals surface area contributed by atoms with Gasteiger partial charge in [0.15, 0.2) is 11.9 Å². The molecule has 0 fully saturated rings. The van der Waals surface area contributed by atoms with Crippen LogP contribution in [0.5, 0.6) is 5.75 Å². The number of fused-ring (bicyclic) bond motifs is 1. The van der Waals surface area contributed by atoms with Crippen molar-refractivity contribution in [2.24, 2.45) is 0 Å². The van der Waals surface area contributed by atoms with Crippen LogP contribution in [0.25, 0.3) is 0 Å². The summed E-state index contributed by atoms with van der Waals surface area (Å²) in [6.45, 7) is 0.407. The van der Waals surface area contributed by atoms with Gasteiger partial charge in [0.1, 0.15) is 10.9 Å². The van der Waals surface area contributed by atoms with Crippen LogP contribution in [-0.2, 0) is 11.3 Å². The fourth-order valence-electron chi connectivity index (χ4n) is 2.00. The predicted octanol–water partition coefficient (Wildman–Crippen LogP) is 4.11. The highest BCUT2D eigenvalue weighted by atomic mass is 127. The number of thioether (sulfide) groups is 1. The molecule has 0 aliphatic carbocycles. The lowest BCUT2D eigenvalue weighted by atomic mass is 10.3. The van der Waals surface area contributed by atoms with E-state index < -0.39 is 0 Å². The van der Waals surface area contributed by atoms with Crippen molar-refractivity contribution in [2.45, 2.75) is 17.6 Å². The Hall–Kier alpha value is -0.570. The van der Waals surface area contributed by atoms with Crippen molar-refractivity contribution in [3.63, 3.8) is 0 Å². The van der Waals surface area contributed by atoms with E-state index in [2.05, 4.69) is 32.6 Å². The molecule has 7 heteroatoms. The maximum atomic E-state index is 6.20. The molecule has 110 valence electrons. The van der Waals surface area contributed by atoms with Crippen molar-refractivity contribution in [2.75, 3.05) is 12.9 Å². The van der Waals surface area contributed by atoms with Crippen LogP contribution >= 0.6 is 46.0 Å². The summed E-state index contributed by atoms with van der Waals surface area (Å²) < 4.78 is 12.0. The molecule has 2 aromatic rings. The Kier molecular flexibility index (Phi) is 4.88. The van der Waals surface area contributed by atoms with Crippen LogP contribution in [0, 0.1) is 3.57 Å². The minimum atomic E-state index is -0.199. The van der Waals surface area contributed by atoms with E-state index in [-0.39, 0.29) is 6.10 Å². The van der Waals surface area contributed by atoms with Crippen LogP contribution in [0.4, 0.5) is 0 Å². The molecule has 0 N–H and O–H groups in total. The van der Waals surface area contributed by atoms with Gasteiger partial charge in [0.25, 0.3) is 0 Å². The van der Waals surface area contributed by atoms with E-state index in [0.717, 1.165) is 25.7 Å². The average Bonchev–Trinajstić information content (AvgIpc) is 2.51. The topological polar surface area (TPSA) is 44.2 Å². The molecule has 1 aliphatic heterocycles. The largest absolute Gasteiger partial charge is 0.480 e. The zero-order valence-corrected chi connectivity index (χ0v) is 14.9. The minimum Gasteiger partial charge on any atom is -0.480 e. The van der Waals surface area contributed by atoms with E-state index >= 15 is 0 Å². The standard InChI is InChI=1S/C14H12ClIN2O2S/c1-19-6-8-12(16)13(15)18-14(17-8)10-7-21-11-5-3-2-4-9(11)20-10/h2-5,10H,6-7H2,1H3. The highest BCUT2D eigenvalue weighted by Gasteiger charge is 2.25. The van der Waals surface area contributed by atoms with Gasteiger partial charge in [-0.05, 0) is 34.7 Å². The summed E-state index contributed by atoms with van der Waals surface area (Å²) in [5.41, 5.74) is 0.792. The van der Waals surface area contributed by atoms with Gasteiger partial charge in [-0.25, -0.2) is 9.97 Å². The second-order valence-electron chi connectivity index (χ2n) is 4.43.